The Morgan fingerprint density at radius 2 is 1.71 bits per heavy atom. The molecular formula is C23H29ClN4O3. The highest BCUT2D eigenvalue weighted by atomic mass is 35.5. The van der Waals surface area contributed by atoms with Crippen LogP contribution in [0.25, 0.3) is 0 Å². The summed E-state index contributed by atoms with van der Waals surface area (Å²) in [5.41, 5.74) is 5.34. The van der Waals surface area contributed by atoms with E-state index < -0.39 is 0 Å². The van der Waals surface area contributed by atoms with E-state index in [0.29, 0.717) is 23.8 Å². The quantitative estimate of drug-likeness (QED) is 0.500. The molecule has 1 saturated heterocycles. The number of halogens is 1. The van der Waals surface area contributed by atoms with Crippen molar-refractivity contribution in [3.05, 3.63) is 58.6 Å². The molecule has 1 aliphatic heterocycles. The molecule has 2 aromatic carbocycles. The first-order valence-electron chi connectivity index (χ1n) is 10.2. The summed E-state index contributed by atoms with van der Waals surface area (Å²) in [6.07, 6.45) is 0. The van der Waals surface area contributed by atoms with E-state index in [9.17, 15) is 4.79 Å². The molecule has 0 atom stereocenters. The molecule has 7 nitrogen and oxygen atoms in total. The van der Waals surface area contributed by atoms with E-state index in [1.165, 1.54) is 0 Å². The summed E-state index contributed by atoms with van der Waals surface area (Å²) in [7, 11) is 3.18. The van der Waals surface area contributed by atoms with Gasteiger partial charge in [0, 0.05) is 43.3 Å². The summed E-state index contributed by atoms with van der Waals surface area (Å²) in [6.45, 7) is 6.44. The Labute approximate surface area is 188 Å². The zero-order chi connectivity index (χ0) is 22.2. The van der Waals surface area contributed by atoms with Crippen LogP contribution in [0.1, 0.15) is 18.1 Å². The normalized spacial score (nSPS) is 15.5. The fourth-order valence-corrected chi connectivity index (χ4v) is 3.68. The first-order valence-corrected chi connectivity index (χ1v) is 10.6. The van der Waals surface area contributed by atoms with E-state index in [1.54, 1.807) is 14.2 Å². The average Bonchev–Trinajstić information content (AvgIpc) is 2.79. The smallest absolute Gasteiger partial charge is 0.254 e. The number of hydrazone groups is 1. The van der Waals surface area contributed by atoms with E-state index in [2.05, 4.69) is 26.4 Å². The fourth-order valence-electron chi connectivity index (χ4n) is 3.48. The second-order valence-corrected chi connectivity index (χ2v) is 7.85. The minimum absolute atomic E-state index is 0.126. The predicted molar refractivity (Wildman–Crippen MR) is 123 cm³/mol. The topological polar surface area (TPSA) is 66.4 Å². The average molecular weight is 445 g/mol. The lowest BCUT2D eigenvalue weighted by molar-refractivity contribution is -0.122. The molecule has 1 aliphatic rings. The number of methoxy groups -OCH3 is 2. The lowest BCUT2D eigenvalue weighted by Crippen LogP contribution is -2.48. The van der Waals surface area contributed by atoms with Crippen LogP contribution in [-0.4, -0.2) is 68.4 Å². The van der Waals surface area contributed by atoms with Crippen molar-refractivity contribution in [3.8, 4) is 11.5 Å². The van der Waals surface area contributed by atoms with Crippen molar-refractivity contribution in [2.45, 2.75) is 13.5 Å². The lowest BCUT2D eigenvalue weighted by Gasteiger charge is -2.34. The number of rotatable bonds is 8. The van der Waals surface area contributed by atoms with Crippen LogP contribution in [0.5, 0.6) is 11.5 Å². The number of nitrogens with zero attached hydrogens (tertiary/aromatic N) is 3. The number of hydrogen-bond acceptors (Lipinski definition) is 6. The number of piperazine rings is 1. The maximum Gasteiger partial charge on any atom is 0.254 e. The van der Waals surface area contributed by atoms with Crippen LogP contribution in [0.3, 0.4) is 0 Å². The van der Waals surface area contributed by atoms with Crippen LogP contribution in [0.4, 0.5) is 0 Å². The van der Waals surface area contributed by atoms with Crippen LogP contribution >= 0.6 is 11.6 Å². The zero-order valence-corrected chi connectivity index (χ0v) is 19.0. The van der Waals surface area contributed by atoms with Crippen molar-refractivity contribution < 1.29 is 14.3 Å². The molecule has 2 aromatic rings. The van der Waals surface area contributed by atoms with Gasteiger partial charge in [-0.3, -0.25) is 14.6 Å². The first kappa shape index (κ1) is 23.1. The molecule has 1 N–H and O–H groups in total. The van der Waals surface area contributed by atoms with Gasteiger partial charge in [0.1, 0.15) is 0 Å². The monoisotopic (exact) mass is 444 g/mol. The second-order valence-electron chi connectivity index (χ2n) is 7.45. The molecule has 0 aliphatic carbocycles. The number of hydrogen-bond donors (Lipinski definition) is 1. The van der Waals surface area contributed by atoms with Gasteiger partial charge in [0.05, 0.1) is 26.5 Å². The second kappa shape index (κ2) is 11.1. The summed E-state index contributed by atoms with van der Waals surface area (Å²) < 4.78 is 10.6. The van der Waals surface area contributed by atoms with Gasteiger partial charge in [0.15, 0.2) is 11.5 Å². The molecule has 8 heteroatoms. The highest BCUT2D eigenvalue weighted by Gasteiger charge is 2.19. The number of ether oxygens (including phenoxy) is 2. The van der Waals surface area contributed by atoms with Crippen LogP contribution < -0.4 is 14.9 Å². The molecule has 1 amide bonds. The van der Waals surface area contributed by atoms with Gasteiger partial charge in [0.25, 0.3) is 5.91 Å². The van der Waals surface area contributed by atoms with Crippen molar-refractivity contribution in [2.24, 2.45) is 5.10 Å². The van der Waals surface area contributed by atoms with Gasteiger partial charge in [0.2, 0.25) is 0 Å². The Morgan fingerprint density at radius 3 is 2.39 bits per heavy atom. The molecule has 1 heterocycles. The van der Waals surface area contributed by atoms with Gasteiger partial charge in [-0.2, -0.15) is 5.10 Å². The Bertz CT molecular complexity index is 927. The van der Waals surface area contributed by atoms with E-state index in [0.717, 1.165) is 48.9 Å². The maximum absolute atomic E-state index is 12.4. The van der Waals surface area contributed by atoms with Gasteiger partial charge in [-0.1, -0.05) is 29.8 Å². The molecule has 0 aromatic heterocycles. The summed E-state index contributed by atoms with van der Waals surface area (Å²) in [5, 5.41) is 5.04. The number of carbonyl (C=O) groups excluding carboxylic acids is 1. The van der Waals surface area contributed by atoms with Crippen molar-refractivity contribution in [3.63, 3.8) is 0 Å². The first-order chi connectivity index (χ1) is 15.0. The summed E-state index contributed by atoms with van der Waals surface area (Å²) in [5.74, 6) is 1.15. The Kier molecular flexibility index (Phi) is 8.28. The van der Waals surface area contributed by atoms with Gasteiger partial charge in [-0.25, -0.2) is 5.43 Å². The molecule has 0 spiro atoms. The van der Waals surface area contributed by atoms with Crippen LogP contribution in [0.2, 0.25) is 5.02 Å². The van der Waals surface area contributed by atoms with Gasteiger partial charge >= 0.3 is 0 Å². The molecule has 1 fully saturated rings. The SMILES string of the molecule is COc1ccc(/C(C)=N\NC(=O)CN2CCN(Cc3ccccc3Cl)CC2)cc1OC. The van der Waals surface area contributed by atoms with Crippen molar-refractivity contribution in [2.75, 3.05) is 46.9 Å². The third kappa shape index (κ3) is 6.43. The Morgan fingerprint density at radius 1 is 1.03 bits per heavy atom. The number of carbonyl (C=O) groups is 1. The predicted octanol–water partition coefficient (Wildman–Crippen LogP) is 3.02. The highest BCUT2D eigenvalue weighted by molar-refractivity contribution is 6.31. The summed E-state index contributed by atoms with van der Waals surface area (Å²) in [6, 6.07) is 13.5. The Balaban J connectivity index is 1.46. The van der Waals surface area contributed by atoms with Crippen LogP contribution in [0, 0.1) is 0 Å². The third-order valence-electron chi connectivity index (χ3n) is 5.33. The summed E-state index contributed by atoms with van der Waals surface area (Å²) >= 11 is 6.26. The molecule has 3 rings (SSSR count). The maximum atomic E-state index is 12.4. The molecule has 31 heavy (non-hydrogen) atoms. The van der Waals surface area contributed by atoms with Crippen LogP contribution in [0.15, 0.2) is 47.6 Å². The van der Waals surface area contributed by atoms with Crippen molar-refractivity contribution in [1.82, 2.24) is 15.2 Å². The standard InChI is InChI=1S/C23H29ClN4O3/c1-17(18-8-9-21(30-2)22(14-18)31-3)25-26-23(29)16-28-12-10-27(11-13-28)15-19-6-4-5-7-20(19)24/h4-9,14H,10-13,15-16H2,1-3H3,(H,26,29)/b25-17-. The lowest BCUT2D eigenvalue weighted by atomic mass is 10.1. The molecule has 0 unspecified atom stereocenters. The fraction of sp³-hybridized carbons (Fsp3) is 0.391. The van der Waals surface area contributed by atoms with E-state index in [-0.39, 0.29) is 5.91 Å². The largest absolute Gasteiger partial charge is 0.493 e. The third-order valence-corrected chi connectivity index (χ3v) is 5.70. The number of amides is 1. The summed E-state index contributed by atoms with van der Waals surface area (Å²) in [4.78, 5) is 16.8. The number of benzene rings is 2. The minimum Gasteiger partial charge on any atom is -0.493 e. The molecular weight excluding hydrogens is 416 g/mol. The Hall–Kier alpha value is -2.61. The van der Waals surface area contributed by atoms with E-state index in [4.69, 9.17) is 21.1 Å². The molecule has 166 valence electrons. The molecule has 0 bridgehead atoms. The van der Waals surface area contributed by atoms with Crippen LogP contribution in [-0.2, 0) is 11.3 Å². The van der Waals surface area contributed by atoms with Gasteiger partial charge in [-0.05, 0) is 36.8 Å². The van der Waals surface area contributed by atoms with E-state index in [1.807, 2.05) is 43.3 Å². The van der Waals surface area contributed by atoms with Crippen molar-refractivity contribution in [1.29, 1.82) is 0 Å². The van der Waals surface area contributed by atoms with Gasteiger partial charge < -0.3 is 9.47 Å². The molecule has 0 radical (unpaired) electrons. The number of nitrogens with one attached hydrogen (secondary N) is 1. The van der Waals surface area contributed by atoms with Crippen molar-refractivity contribution >= 4 is 23.2 Å². The van der Waals surface area contributed by atoms with Gasteiger partial charge in [-0.15, -0.1) is 0 Å². The minimum atomic E-state index is -0.126. The highest BCUT2D eigenvalue weighted by Crippen LogP contribution is 2.27. The molecule has 0 saturated carbocycles. The zero-order valence-electron chi connectivity index (χ0n) is 18.2. The van der Waals surface area contributed by atoms with E-state index >= 15 is 0 Å².